The van der Waals surface area contributed by atoms with Crippen molar-refractivity contribution in [3.8, 4) is 0 Å². The zero-order valence-electron chi connectivity index (χ0n) is 17.5. The van der Waals surface area contributed by atoms with E-state index < -0.39 is 23.0 Å². The Hall–Kier alpha value is -2.58. The van der Waals surface area contributed by atoms with Gasteiger partial charge in [-0.25, -0.2) is 13.6 Å². The molecule has 0 bridgehead atoms. The largest absolute Gasteiger partial charge is 0.462 e. The van der Waals surface area contributed by atoms with E-state index in [1.807, 2.05) is 0 Å². The number of esters is 1. The molecule has 8 heteroatoms. The van der Waals surface area contributed by atoms with Crippen LogP contribution in [0.15, 0.2) is 23.1 Å². The predicted octanol–water partition coefficient (Wildman–Crippen LogP) is 3.13. The maximum atomic E-state index is 14.9. The van der Waals surface area contributed by atoms with Gasteiger partial charge in [-0.1, -0.05) is 12.2 Å². The first kappa shape index (κ1) is 21.6. The second kappa shape index (κ2) is 8.88. The van der Waals surface area contributed by atoms with E-state index >= 15 is 0 Å². The third-order valence-electron chi connectivity index (χ3n) is 6.03. The number of nitrogens with one attached hydrogen (secondary N) is 1. The number of hydrogen-bond acceptors (Lipinski definition) is 5. The van der Waals surface area contributed by atoms with E-state index in [0.29, 0.717) is 24.4 Å². The molecule has 1 aromatic heterocycles. The lowest BCUT2D eigenvalue weighted by atomic mass is 10.0. The molecule has 1 saturated carbocycles. The number of nitrogens with zero attached hydrogens (tertiary/aromatic N) is 1. The lowest BCUT2D eigenvalue weighted by Crippen LogP contribution is -2.22. The van der Waals surface area contributed by atoms with E-state index in [-0.39, 0.29) is 35.2 Å². The number of halogens is 2. The summed E-state index contributed by atoms with van der Waals surface area (Å²) in [7, 11) is 0. The molecule has 2 heterocycles. The molecular formula is C23H27F2N3O3. The average Bonchev–Trinajstić information content (AvgIpc) is 3.49. The molecule has 0 amide bonds. The van der Waals surface area contributed by atoms with E-state index in [4.69, 9.17) is 10.5 Å². The number of ether oxygens (including phenoxy) is 1. The predicted molar refractivity (Wildman–Crippen MR) is 115 cm³/mol. The normalized spacial score (nSPS) is 21.3. The third-order valence-corrected chi connectivity index (χ3v) is 6.03. The van der Waals surface area contributed by atoms with Crippen molar-refractivity contribution in [1.29, 1.82) is 0 Å². The molecule has 2 aromatic rings. The lowest BCUT2D eigenvalue weighted by Gasteiger charge is -2.16. The van der Waals surface area contributed by atoms with Crippen molar-refractivity contribution < 1.29 is 18.3 Å². The number of aromatic nitrogens is 1. The van der Waals surface area contributed by atoms with Crippen molar-refractivity contribution in [2.45, 2.75) is 44.7 Å². The molecule has 3 N–H and O–H groups in total. The highest BCUT2D eigenvalue weighted by Crippen LogP contribution is 2.38. The topological polar surface area (TPSA) is 86.3 Å². The van der Waals surface area contributed by atoms with Crippen molar-refractivity contribution in [3.63, 3.8) is 0 Å². The molecular weight excluding hydrogens is 404 g/mol. The number of rotatable bonds is 7. The first-order chi connectivity index (χ1) is 14.9. The van der Waals surface area contributed by atoms with E-state index in [1.54, 1.807) is 23.6 Å². The number of fused-ring (bicyclic) bond motifs is 1. The number of pyridine rings is 1. The summed E-state index contributed by atoms with van der Waals surface area (Å²) in [5.41, 5.74) is 5.25. The minimum absolute atomic E-state index is 0.0156. The van der Waals surface area contributed by atoms with E-state index in [9.17, 15) is 18.4 Å². The maximum absolute atomic E-state index is 14.9. The fraction of sp³-hybridized carbons (Fsp3) is 0.478. The van der Waals surface area contributed by atoms with Gasteiger partial charge in [-0.05, 0) is 57.7 Å². The average molecular weight is 431 g/mol. The van der Waals surface area contributed by atoms with Gasteiger partial charge in [0.2, 0.25) is 5.43 Å². The van der Waals surface area contributed by atoms with Crippen molar-refractivity contribution in [2.75, 3.05) is 19.7 Å². The first-order valence-corrected chi connectivity index (χ1v) is 10.8. The Labute approximate surface area is 179 Å². The second-order valence-electron chi connectivity index (χ2n) is 8.29. The van der Waals surface area contributed by atoms with Gasteiger partial charge < -0.3 is 20.4 Å². The van der Waals surface area contributed by atoms with Crippen LogP contribution in [0.4, 0.5) is 8.78 Å². The summed E-state index contributed by atoms with van der Waals surface area (Å²) in [6.07, 6.45) is 8.03. The van der Waals surface area contributed by atoms with Gasteiger partial charge in [0.05, 0.1) is 17.5 Å². The molecule has 31 heavy (non-hydrogen) atoms. The maximum Gasteiger partial charge on any atom is 0.343 e. The third kappa shape index (κ3) is 4.27. The van der Waals surface area contributed by atoms with Crippen LogP contribution >= 0.6 is 0 Å². The summed E-state index contributed by atoms with van der Waals surface area (Å²) in [5, 5.41) is 3.37. The van der Waals surface area contributed by atoms with E-state index in [0.717, 1.165) is 31.9 Å². The highest BCUT2D eigenvalue weighted by molar-refractivity contribution is 5.96. The summed E-state index contributed by atoms with van der Waals surface area (Å²) >= 11 is 0. The van der Waals surface area contributed by atoms with Gasteiger partial charge in [0.15, 0.2) is 11.6 Å². The van der Waals surface area contributed by atoms with Crippen LogP contribution in [0.5, 0.6) is 0 Å². The van der Waals surface area contributed by atoms with E-state index in [2.05, 4.69) is 5.32 Å². The minimum Gasteiger partial charge on any atom is -0.462 e. The second-order valence-corrected chi connectivity index (χ2v) is 8.29. The Morgan fingerprint density at radius 3 is 2.81 bits per heavy atom. The Morgan fingerprint density at radius 2 is 2.16 bits per heavy atom. The van der Waals surface area contributed by atoms with E-state index in [1.165, 1.54) is 6.20 Å². The van der Waals surface area contributed by atoms with Gasteiger partial charge in [-0.15, -0.1) is 0 Å². The summed E-state index contributed by atoms with van der Waals surface area (Å²) < 4.78 is 36.0. The quantitative estimate of drug-likeness (QED) is 0.658. The van der Waals surface area contributed by atoms with Crippen LogP contribution in [-0.4, -0.2) is 36.3 Å². The highest BCUT2D eigenvalue weighted by Gasteiger charge is 2.29. The first-order valence-electron chi connectivity index (χ1n) is 10.8. The number of carbonyl (C=O) groups excluding carboxylic acids is 1. The minimum atomic E-state index is -1.12. The Morgan fingerprint density at radius 1 is 1.39 bits per heavy atom. The molecule has 1 aliphatic carbocycles. The van der Waals surface area contributed by atoms with Gasteiger partial charge in [0, 0.05) is 23.8 Å². The molecule has 2 aliphatic rings. The molecule has 4 rings (SSSR count). The standard InChI is InChI=1S/C23H27F2N3O3/c1-2-31-23(30)18-12-28(15-6-7-15)21-16(20(25)19(24)9-17(21)22(18)29)5-3-4-14-8-13(10-26)11-27-14/h3,5,9,12-15,27H,2,4,6-8,10-11,26H2,1H3/b5-3-/t13-,14?/m1/s1. The molecule has 0 radical (unpaired) electrons. The van der Waals surface area contributed by atoms with Crippen LogP contribution in [0.2, 0.25) is 0 Å². The van der Waals surface area contributed by atoms with Crippen molar-refractivity contribution in [2.24, 2.45) is 11.7 Å². The summed E-state index contributed by atoms with van der Waals surface area (Å²) in [4.78, 5) is 25.2. The fourth-order valence-corrected chi connectivity index (χ4v) is 4.25. The Kier molecular flexibility index (Phi) is 6.20. The zero-order chi connectivity index (χ0) is 22.1. The van der Waals surface area contributed by atoms with Crippen LogP contribution in [0.1, 0.15) is 54.6 Å². The molecule has 1 saturated heterocycles. The zero-order valence-corrected chi connectivity index (χ0v) is 17.5. The molecule has 0 spiro atoms. The van der Waals surface area contributed by atoms with Crippen molar-refractivity contribution >= 4 is 22.9 Å². The van der Waals surface area contributed by atoms with Crippen LogP contribution in [0.3, 0.4) is 0 Å². The molecule has 2 fully saturated rings. The number of benzene rings is 1. The van der Waals surface area contributed by atoms with Gasteiger partial charge in [0.1, 0.15) is 5.56 Å². The van der Waals surface area contributed by atoms with Gasteiger partial charge in [-0.3, -0.25) is 4.79 Å². The van der Waals surface area contributed by atoms with Gasteiger partial charge in [-0.2, -0.15) is 0 Å². The number of carbonyl (C=O) groups is 1. The van der Waals surface area contributed by atoms with Crippen molar-refractivity contribution in [3.05, 3.63) is 51.3 Å². The van der Waals surface area contributed by atoms with Crippen LogP contribution < -0.4 is 16.5 Å². The fourth-order valence-electron chi connectivity index (χ4n) is 4.25. The molecule has 2 atom stereocenters. The molecule has 6 nitrogen and oxygen atoms in total. The SMILES string of the molecule is CCOC(=O)c1cn(C2CC2)c2c(/C=C\CC3C[C@H](CN)CN3)c(F)c(F)cc2c1=O. The van der Waals surface area contributed by atoms with Crippen LogP contribution in [-0.2, 0) is 4.74 Å². The van der Waals surface area contributed by atoms with Gasteiger partial charge >= 0.3 is 5.97 Å². The molecule has 1 unspecified atom stereocenters. The Bertz CT molecular complexity index is 1090. The monoisotopic (exact) mass is 431 g/mol. The molecule has 1 aromatic carbocycles. The molecule has 166 valence electrons. The smallest absolute Gasteiger partial charge is 0.343 e. The summed E-state index contributed by atoms with van der Waals surface area (Å²) in [6, 6.07) is 1.15. The highest BCUT2D eigenvalue weighted by atomic mass is 19.2. The van der Waals surface area contributed by atoms with Crippen molar-refractivity contribution in [1.82, 2.24) is 9.88 Å². The number of hydrogen-bond donors (Lipinski definition) is 2. The Balaban J connectivity index is 1.78. The van der Waals surface area contributed by atoms with Crippen LogP contribution in [0.25, 0.3) is 17.0 Å². The number of nitrogens with two attached hydrogens (primary N) is 1. The summed E-state index contributed by atoms with van der Waals surface area (Å²) in [5.74, 6) is -2.45. The molecule has 1 aliphatic heterocycles. The van der Waals surface area contributed by atoms with Gasteiger partial charge in [0.25, 0.3) is 0 Å². The summed E-state index contributed by atoms with van der Waals surface area (Å²) in [6.45, 7) is 3.23. The lowest BCUT2D eigenvalue weighted by molar-refractivity contribution is 0.0524. The van der Waals surface area contributed by atoms with Crippen LogP contribution in [0, 0.1) is 17.6 Å².